The number of halogens is 1. The van der Waals surface area contributed by atoms with Gasteiger partial charge in [0, 0.05) is 18.7 Å². The molecule has 0 heterocycles. The van der Waals surface area contributed by atoms with Gasteiger partial charge in [0.15, 0.2) is 0 Å². The number of rotatable bonds is 3. The number of allylic oxidation sites excluding steroid dienone is 2. The van der Waals surface area contributed by atoms with E-state index < -0.39 is 0 Å². The largest absolute Gasteiger partial charge is 0.388 e. The molecule has 0 spiro atoms. The van der Waals surface area contributed by atoms with Crippen LogP contribution in [-0.2, 0) is 3.07 Å². The Labute approximate surface area is 81.4 Å². The minimum atomic E-state index is 0.559. The molecule has 0 amide bonds. The van der Waals surface area contributed by atoms with Gasteiger partial charge < -0.3 is 8.38 Å². The fourth-order valence-corrected chi connectivity index (χ4v) is 1.52. The number of hydrogen-bond acceptors (Lipinski definition) is 2. The van der Waals surface area contributed by atoms with Gasteiger partial charge in [-0.3, -0.25) is 0 Å². The van der Waals surface area contributed by atoms with Gasteiger partial charge in [0.1, 0.15) is 23.0 Å². The molecule has 2 nitrogen and oxygen atoms in total. The SMILES string of the molecule is CNC1=CCC(COI)C=C1. The second kappa shape index (κ2) is 4.77. The molecule has 1 atom stereocenters. The van der Waals surface area contributed by atoms with Crippen molar-refractivity contribution >= 4 is 23.0 Å². The van der Waals surface area contributed by atoms with Crippen LogP contribution < -0.4 is 5.32 Å². The highest BCUT2D eigenvalue weighted by atomic mass is 127. The highest BCUT2D eigenvalue weighted by Crippen LogP contribution is 2.15. The van der Waals surface area contributed by atoms with Crippen LogP contribution in [-0.4, -0.2) is 13.7 Å². The molecule has 0 aliphatic heterocycles. The molecule has 1 N–H and O–H groups in total. The summed E-state index contributed by atoms with van der Waals surface area (Å²) in [6, 6.07) is 0. The fraction of sp³-hybridized carbons (Fsp3) is 0.500. The molecule has 0 saturated heterocycles. The van der Waals surface area contributed by atoms with Crippen LogP contribution in [0.3, 0.4) is 0 Å². The third-order valence-electron chi connectivity index (χ3n) is 1.75. The third kappa shape index (κ3) is 2.83. The average molecular weight is 265 g/mol. The van der Waals surface area contributed by atoms with Gasteiger partial charge in [-0.15, -0.1) is 0 Å². The Hall–Kier alpha value is -0.0300. The van der Waals surface area contributed by atoms with E-state index in [1.54, 1.807) is 0 Å². The lowest BCUT2D eigenvalue weighted by atomic mass is 10.0. The summed E-state index contributed by atoms with van der Waals surface area (Å²) in [6.45, 7) is 0.810. The summed E-state index contributed by atoms with van der Waals surface area (Å²) < 4.78 is 5.02. The van der Waals surface area contributed by atoms with E-state index in [-0.39, 0.29) is 0 Å². The van der Waals surface area contributed by atoms with Gasteiger partial charge in [-0.25, -0.2) is 0 Å². The standard InChI is InChI=1S/C8H12INO/c1-10-8-4-2-7(3-5-8)6-11-9/h2,4-5,7,10H,3,6H2,1H3. The number of hydrogen-bond donors (Lipinski definition) is 1. The van der Waals surface area contributed by atoms with Crippen LogP contribution in [0, 0.1) is 5.92 Å². The summed E-state index contributed by atoms with van der Waals surface area (Å²) in [6.07, 6.45) is 7.56. The maximum atomic E-state index is 5.02. The molecule has 0 fully saturated rings. The fourth-order valence-electron chi connectivity index (χ4n) is 1.05. The zero-order valence-corrected chi connectivity index (χ0v) is 8.67. The zero-order chi connectivity index (χ0) is 8.10. The predicted octanol–water partition coefficient (Wildman–Crippen LogP) is 2.03. The van der Waals surface area contributed by atoms with Crippen molar-refractivity contribution in [3.63, 3.8) is 0 Å². The molecule has 1 rings (SSSR count). The zero-order valence-electron chi connectivity index (χ0n) is 6.51. The Balaban J connectivity index is 2.37. The maximum absolute atomic E-state index is 5.02. The van der Waals surface area contributed by atoms with Gasteiger partial charge in [-0.1, -0.05) is 12.2 Å². The average Bonchev–Trinajstić information content (AvgIpc) is 2.07. The summed E-state index contributed by atoms with van der Waals surface area (Å²) in [4.78, 5) is 0. The first-order valence-corrected chi connectivity index (χ1v) is 4.54. The Kier molecular flexibility index (Phi) is 3.93. The lowest BCUT2D eigenvalue weighted by Gasteiger charge is -2.13. The summed E-state index contributed by atoms with van der Waals surface area (Å²) in [5.41, 5.74) is 1.20. The van der Waals surface area contributed by atoms with Crippen LogP contribution in [0.5, 0.6) is 0 Å². The minimum Gasteiger partial charge on any atom is -0.388 e. The van der Waals surface area contributed by atoms with Crippen LogP contribution in [0.25, 0.3) is 0 Å². The molecule has 0 aromatic rings. The van der Waals surface area contributed by atoms with Crippen LogP contribution >= 0.6 is 23.0 Å². The van der Waals surface area contributed by atoms with Crippen molar-refractivity contribution in [1.29, 1.82) is 0 Å². The number of nitrogens with one attached hydrogen (secondary N) is 1. The van der Waals surface area contributed by atoms with Crippen molar-refractivity contribution in [2.24, 2.45) is 5.92 Å². The summed E-state index contributed by atoms with van der Waals surface area (Å²) in [7, 11) is 1.94. The molecule has 1 aliphatic rings. The van der Waals surface area contributed by atoms with Crippen molar-refractivity contribution in [2.45, 2.75) is 6.42 Å². The van der Waals surface area contributed by atoms with Crippen LogP contribution in [0.2, 0.25) is 0 Å². The second-order valence-electron chi connectivity index (χ2n) is 2.54. The van der Waals surface area contributed by atoms with Crippen molar-refractivity contribution in [2.75, 3.05) is 13.7 Å². The third-order valence-corrected chi connectivity index (χ3v) is 2.11. The summed E-state index contributed by atoms with van der Waals surface area (Å²) in [5.74, 6) is 0.559. The lowest BCUT2D eigenvalue weighted by Crippen LogP contribution is -2.11. The van der Waals surface area contributed by atoms with E-state index in [0.717, 1.165) is 13.0 Å². The van der Waals surface area contributed by atoms with Crippen molar-refractivity contribution in [3.8, 4) is 0 Å². The monoisotopic (exact) mass is 265 g/mol. The summed E-state index contributed by atoms with van der Waals surface area (Å²) >= 11 is 1.93. The molecule has 0 aromatic carbocycles. The molecule has 0 aromatic heterocycles. The predicted molar refractivity (Wildman–Crippen MR) is 54.4 cm³/mol. The maximum Gasteiger partial charge on any atom is 0.109 e. The Morgan fingerprint density at radius 3 is 3.09 bits per heavy atom. The van der Waals surface area contributed by atoms with Crippen molar-refractivity contribution < 1.29 is 3.07 Å². The number of likely N-dealkylation sites (N-methyl/N-ethyl adjacent to an activating group) is 1. The van der Waals surface area contributed by atoms with Gasteiger partial charge in [0.25, 0.3) is 0 Å². The molecule has 0 radical (unpaired) electrons. The Morgan fingerprint density at radius 1 is 1.82 bits per heavy atom. The van der Waals surface area contributed by atoms with Gasteiger partial charge in [0.05, 0.1) is 6.61 Å². The van der Waals surface area contributed by atoms with Crippen LogP contribution in [0.1, 0.15) is 6.42 Å². The van der Waals surface area contributed by atoms with E-state index in [9.17, 15) is 0 Å². The lowest BCUT2D eigenvalue weighted by molar-refractivity contribution is 0.362. The summed E-state index contributed by atoms with van der Waals surface area (Å²) in [5, 5.41) is 3.10. The normalized spacial score (nSPS) is 23.1. The first kappa shape index (κ1) is 9.06. The molecular formula is C8H12INO. The second-order valence-corrected chi connectivity index (χ2v) is 3.16. The van der Waals surface area contributed by atoms with Crippen LogP contribution in [0.15, 0.2) is 23.9 Å². The molecule has 1 unspecified atom stereocenters. The van der Waals surface area contributed by atoms with E-state index >= 15 is 0 Å². The molecule has 0 bridgehead atoms. The smallest absolute Gasteiger partial charge is 0.109 e. The van der Waals surface area contributed by atoms with Gasteiger partial charge >= 0.3 is 0 Å². The molecule has 1 aliphatic carbocycles. The first-order valence-electron chi connectivity index (χ1n) is 3.66. The van der Waals surface area contributed by atoms with Crippen LogP contribution in [0.4, 0.5) is 0 Å². The molecule has 0 saturated carbocycles. The Bertz CT molecular complexity index is 177. The molecule has 3 heteroatoms. The topological polar surface area (TPSA) is 21.3 Å². The van der Waals surface area contributed by atoms with Gasteiger partial charge in [-0.05, 0) is 12.5 Å². The quantitative estimate of drug-likeness (QED) is 0.788. The first-order chi connectivity index (χ1) is 5.36. The van der Waals surface area contributed by atoms with E-state index in [1.807, 2.05) is 30.1 Å². The van der Waals surface area contributed by atoms with Crippen molar-refractivity contribution in [3.05, 3.63) is 23.9 Å². The highest BCUT2D eigenvalue weighted by Gasteiger charge is 2.06. The molecule has 62 valence electrons. The van der Waals surface area contributed by atoms with E-state index in [2.05, 4.69) is 23.5 Å². The Morgan fingerprint density at radius 2 is 2.64 bits per heavy atom. The van der Waals surface area contributed by atoms with Gasteiger partial charge in [-0.2, -0.15) is 0 Å². The van der Waals surface area contributed by atoms with E-state index in [4.69, 9.17) is 3.07 Å². The molecular weight excluding hydrogens is 253 g/mol. The van der Waals surface area contributed by atoms with Gasteiger partial charge in [0.2, 0.25) is 0 Å². The minimum absolute atomic E-state index is 0.559. The van der Waals surface area contributed by atoms with Crippen molar-refractivity contribution in [1.82, 2.24) is 5.32 Å². The van der Waals surface area contributed by atoms with E-state index in [1.165, 1.54) is 5.70 Å². The van der Waals surface area contributed by atoms with E-state index in [0.29, 0.717) is 5.92 Å². The highest BCUT2D eigenvalue weighted by molar-refractivity contribution is 14.1. The molecule has 11 heavy (non-hydrogen) atoms.